The van der Waals surface area contributed by atoms with Gasteiger partial charge in [-0.2, -0.15) is 0 Å². The van der Waals surface area contributed by atoms with Crippen LogP contribution in [0.5, 0.6) is 0 Å². The van der Waals surface area contributed by atoms with Crippen molar-refractivity contribution >= 4 is 15.9 Å². The Morgan fingerprint density at radius 3 is 2.78 bits per heavy atom. The van der Waals surface area contributed by atoms with E-state index in [9.17, 15) is 0 Å². The third kappa shape index (κ3) is 3.11. The van der Waals surface area contributed by atoms with Crippen molar-refractivity contribution in [2.75, 3.05) is 26.2 Å². The maximum atomic E-state index is 4.68. The molecule has 18 heavy (non-hydrogen) atoms. The molecule has 1 aliphatic heterocycles. The highest BCUT2D eigenvalue weighted by atomic mass is 79.9. The SMILES string of the molecule is Brc1cccc([C@H](CC2CC2)N2CCNCC2)n1. The van der Waals surface area contributed by atoms with E-state index in [1.165, 1.54) is 25.0 Å². The van der Waals surface area contributed by atoms with Crippen LogP contribution >= 0.6 is 15.9 Å². The number of pyridine rings is 1. The normalized spacial score (nSPS) is 22.9. The Morgan fingerprint density at radius 2 is 2.11 bits per heavy atom. The minimum absolute atomic E-state index is 0.511. The first-order valence-electron chi connectivity index (χ1n) is 6.90. The van der Waals surface area contributed by atoms with Gasteiger partial charge in [0.25, 0.3) is 0 Å². The minimum Gasteiger partial charge on any atom is -0.314 e. The maximum Gasteiger partial charge on any atom is 0.106 e. The third-order valence-corrected chi connectivity index (χ3v) is 4.37. The molecule has 0 bridgehead atoms. The van der Waals surface area contributed by atoms with Gasteiger partial charge in [0, 0.05) is 26.2 Å². The summed E-state index contributed by atoms with van der Waals surface area (Å²) in [5.74, 6) is 0.936. The molecule has 2 fully saturated rings. The zero-order valence-electron chi connectivity index (χ0n) is 10.6. The fourth-order valence-electron chi connectivity index (χ4n) is 2.73. The topological polar surface area (TPSA) is 28.2 Å². The van der Waals surface area contributed by atoms with Crippen molar-refractivity contribution in [1.82, 2.24) is 15.2 Å². The van der Waals surface area contributed by atoms with E-state index in [1.807, 2.05) is 6.07 Å². The van der Waals surface area contributed by atoms with Gasteiger partial charge in [-0.25, -0.2) is 4.98 Å². The summed E-state index contributed by atoms with van der Waals surface area (Å²) < 4.78 is 0.955. The Hall–Kier alpha value is -0.450. The molecular formula is C14H20BrN3. The van der Waals surface area contributed by atoms with Crippen molar-refractivity contribution < 1.29 is 0 Å². The molecular weight excluding hydrogens is 290 g/mol. The van der Waals surface area contributed by atoms with Crippen LogP contribution in [0.4, 0.5) is 0 Å². The van der Waals surface area contributed by atoms with Crippen LogP contribution < -0.4 is 5.32 Å². The molecule has 4 heteroatoms. The Bertz CT molecular complexity index is 400. The highest BCUT2D eigenvalue weighted by molar-refractivity contribution is 9.10. The van der Waals surface area contributed by atoms with Crippen molar-refractivity contribution in [3.8, 4) is 0 Å². The highest BCUT2D eigenvalue weighted by Crippen LogP contribution is 2.39. The first-order chi connectivity index (χ1) is 8.83. The van der Waals surface area contributed by atoms with Crippen LogP contribution in [0.3, 0.4) is 0 Å². The number of aromatic nitrogens is 1. The zero-order valence-corrected chi connectivity index (χ0v) is 12.2. The number of rotatable bonds is 4. The van der Waals surface area contributed by atoms with Crippen LogP contribution in [0.1, 0.15) is 31.0 Å². The number of nitrogens with zero attached hydrogens (tertiary/aromatic N) is 2. The second kappa shape index (κ2) is 5.68. The molecule has 1 aromatic heterocycles. The summed E-state index contributed by atoms with van der Waals surface area (Å²) in [6.45, 7) is 4.50. The van der Waals surface area contributed by atoms with E-state index in [2.05, 4.69) is 43.3 Å². The first kappa shape index (κ1) is 12.6. The fourth-order valence-corrected chi connectivity index (χ4v) is 3.09. The number of nitrogens with one attached hydrogen (secondary N) is 1. The molecule has 2 heterocycles. The monoisotopic (exact) mass is 309 g/mol. The molecule has 0 amide bonds. The number of halogens is 1. The highest BCUT2D eigenvalue weighted by Gasteiger charge is 2.31. The molecule has 0 unspecified atom stereocenters. The Balaban J connectivity index is 1.78. The Kier molecular flexibility index (Phi) is 3.97. The number of piperazine rings is 1. The minimum atomic E-state index is 0.511. The second-order valence-corrected chi connectivity index (χ2v) is 6.18. The van der Waals surface area contributed by atoms with Gasteiger partial charge < -0.3 is 5.32 Å². The van der Waals surface area contributed by atoms with Gasteiger partial charge in [0.05, 0.1) is 11.7 Å². The van der Waals surface area contributed by atoms with Crippen LogP contribution in [0.25, 0.3) is 0 Å². The van der Waals surface area contributed by atoms with E-state index in [4.69, 9.17) is 0 Å². The number of hydrogen-bond donors (Lipinski definition) is 1. The molecule has 0 spiro atoms. The summed E-state index contributed by atoms with van der Waals surface area (Å²) >= 11 is 3.49. The molecule has 1 aromatic rings. The third-order valence-electron chi connectivity index (χ3n) is 3.92. The molecule has 98 valence electrons. The van der Waals surface area contributed by atoms with E-state index in [0.717, 1.165) is 36.7 Å². The lowest BCUT2D eigenvalue weighted by Crippen LogP contribution is -2.45. The van der Waals surface area contributed by atoms with Crippen molar-refractivity contribution in [3.63, 3.8) is 0 Å². The van der Waals surface area contributed by atoms with E-state index in [1.54, 1.807) is 0 Å². The summed E-state index contributed by atoms with van der Waals surface area (Å²) in [5, 5.41) is 3.43. The van der Waals surface area contributed by atoms with Crippen molar-refractivity contribution in [2.45, 2.75) is 25.3 Å². The van der Waals surface area contributed by atoms with E-state index in [0.29, 0.717) is 6.04 Å². The zero-order chi connectivity index (χ0) is 12.4. The molecule has 1 aliphatic carbocycles. The molecule has 1 N–H and O–H groups in total. The quantitative estimate of drug-likeness (QED) is 0.867. The average Bonchev–Trinajstić information content (AvgIpc) is 3.21. The predicted molar refractivity (Wildman–Crippen MR) is 76.5 cm³/mol. The van der Waals surface area contributed by atoms with Gasteiger partial charge in [0.2, 0.25) is 0 Å². The molecule has 0 radical (unpaired) electrons. The van der Waals surface area contributed by atoms with Gasteiger partial charge in [0.1, 0.15) is 4.60 Å². The van der Waals surface area contributed by atoms with Crippen LogP contribution in [0.15, 0.2) is 22.8 Å². The molecule has 2 aliphatic rings. The van der Waals surface area contributed by atoms with Crippen LogP contribution in [0.2, 0.25) is 0 Å². The lowest BCUT2D eigenvalue weighted by molar-refractivity contribution is 0.157. The smallest absolute Gasteiger partial charge is 0.106 e. The van der Waals surface area contributed by atoms with Gasteiger partial charge in [-0.1, -0.05) is 18.9 Å². The second-order valence-electron chi connectivity index (χ2n) is 5.37. The molecule has 1 saturated heterocycles. The maximum absolute atomic E-state index is 4.68. The summed E-state index contributed by atoms with van der Waals surface area (Å²) in [6, 6.07) is 6.81. The van der Waals surface area contributed by atoms with Gasteiger partial charge in [-0.05, 0) is 40.4 Å². The molecule has 3 rings (SSSR count). The molecule has 0 aromatic carbocycles. The standard InChI is InChI=1S/C14H20BrN3/c15-14-3-1-2-12(17-14)13(10-11-4-5-11)18-8-6-16-7-9-18/h1-3,11,13,16H,4-10H2/t13-/m0/s1. The Labute approximate surface area is 117 Å². The lowest BCUT2D eigenvalue weighted by atomic mass is 10.0. The van der Waals surface area contributed by atoms with Crippen LogP contribution in [-0.4, -0.2) is 36.1 Å². The van der Waals surface area contributed by atoms with Gasteiger partial charge in [-0.15, -0.1) is 0 Å². The Morgan fingerprint density at radius 1 is 1.33 bits per heavy atom. The van der Waals surface area contributed by atoms with E-state index in [-0.39, 0.29) is 0 Å². The van der Waals surface area contributed by atoms with E-state index >= 15 is 0 Å². The molecule has 1 saturated carbocycles. The van der Waals surface area contributed by atoms with Gasteiger partial charge in [0.15, 0.2) is 0 Å². The van der Waals surface area contributed by atoms with Crippen LogP contribution in [-0.2, 0) is 0 Å². The van der Waals surface area contributed by atoms with Crippen molar-refractivity contribution in [3.05, 3.63) is 28.5 Å². The number of hydrogen-bond acceptors (Lipinski definition) is 3. The summed E-state index contributed by atoms with van der Waals surface area (Å²) in [6.07, 6.45) is 4.11. The summed E-state index contributed by atoms with van der Waals surface area (Å²) in [7, 11) is 0. The van der Waals surface area contributed by atoms with Crippen molar-refractivity contribution in [2.24, 2.45) is 5.92 Å². The molecule has 1 atom stereocenters. The van der Waals surface area contributed by atoms with Crippen LogP contribution in [0, 0.1) is 5.92 Å². The fraction of sp³-hybridized carbons (Fsp3) is 0.643. The van der Waals surface area contributed by atoms with Gasteiger partial charge in [-0.3, -0.25) is 4.90 Å². The summed E-state index contributed by atoms with van der Waals surface area (Å²) in [4.78, 5) is 7.28. The first-order valence-corrected chi connectivity index (χ1v) is 7.69. The average molecular weight is 310 g/mol. The van der Waals surface area contributed by atoms with Gasteiger partial charge >= 0.3 is 0 Å². The lowest BCUT2D eigenvalue weighted by Gasteiger charge is -2.34. The predicted octanol–water partition coefficient (Wildman–Crippen LogP) is 2.59. The van der Waals surface area contributed by atoms with E-state index < -0.39 is 0 Å². The summed E-state index contributed by atoms with van der Waals surface area (Å²) in [5.41, 5.74) is 1.23. The van der Waals surface area contributed by atoms with Crippen molar-refractivity contribution in [1.29, 1.82) is 0 Å². The molecule has 3 nitrogen and oxygen atoms in total. The largest absolute Gasteiger partial charge is 0.314 e.